The summed E-state index contributed by atoms with van der Waals surface area (Å²) in [7, 11) is 0. The van der Waals surface area contributed by atoms with E-state index in [-0.39, 0.29) is 38.3 Å². The van der Waals surface area contributed by atoms with Crippen molar-refractivity contribution < 1.29 is 63.3 Å². The van der Waals surface area contributed by atoms with Crippen molar-refractivity contribution in [1.29, 1.82) is 0 Å². The number of rotatable bonds is 21. The summed E-state index contributed by atoms with van der Waals surface area (Å²) in [4.78, 5) is 129. The molecule has 11 N–H and O–H groups in total. The molecular weight excluding hydrogens is 728 g/mol. The predicted molar refractivity (Wildman–Crippen MR) is 190 cm³/mol. The van der Waals surface area contributed by atoms with Crippen LogP contribution in [0, 0.1) is 11.8 Å². The molecule has 0 bridgehead atoms. The van der Waals surface area contributed by atoms with Crippen molar-refractivity contribution in [2.75, 3.05) is 13.1 Å². The number of carboxylic acid groups (broad SMARTS) is 3. The molecule has 0 radical (unpaired) electrons. The van der Waals surface area contributed by atoms with Crippen molar-refractivity contribution in [2.24, 2.45) is 23.3 Å². The maximum Gasteiger partial charge on any atom is 0.326 e. The molecule has 0 spiro atoms. The molecule has 2 heterocycles. The molecule has 0 aliphatic carbocycles. The molecule has 0 aromatic carbocycles. The highest BCUT2D eigenvalue weighted by atomic mass is 16.4. The number of nitrogens with zero attached hydrogens (tertiary/aromatic N) is 2. The Morgan fingerprint density at radius 3 is 1.65 bits per heavy atom. The van der Waals surface area contributed by atoms with E-state index >= 15 is 0 Å². The largest absolute Gasteiger partial charge is 0.481 e. The number of likely N-dealkylation sites (tertiary alicyclic amines) is 2. The summed E-state index contributed by atoms with van der Waals surface area (Å²) in [6, 6.07) is -9.53. The van der Waals surface area contributed by atoms with Crippen molar-refractivity contribution in [3.05, 3.63) is 0 Å². The molecule has 0 aromatic heterocycles. The van der Waals surface area contributed by atoms with Gasteiger partial charge in [0.05, 0.1) is 25.3 Å². The average Bonchev–Trinajstić information content (AvgIpc) is 3.78. The molecule has 55 heavy (non-hydrogen) atoms. The lowest BCUT2D eigenvalue weighted by atomic mass is 9.97. The standard InChI is InChI=1S/C34H54N8O13/c1-5-17(4)27(31(51)39-21(34(54)55)15-26(46)47)40-30(50)23-9-7-11-42(23)33(53)20(12-16(2)3)38-28(48)19(14-24(36)43)37-29(49)22-8-6-10-41(22)32(52)18(35)13-25(44)45/h16-23,27H,5-15,35H2,1-4H3,(H2,36,43)(H,37,49)(H,38,48)(H,39,51)(H,40,50)(H,44,45)(H,46,47)(H,54,55)/t17-,18-,19-,20-,21-,22-,23-,27-/m0/s1. The molecular formula is C34H54N8O13. The van der Waals surface area contributed by atoms with Crippen molar-refractivity contribution in [3.63, 3.8) is 0 Å². The molecule has 2 aliphatic heterocycles. The van der Waals surface area contributed by atoms with E-state index < -0.39 is 127 Å². The fourth-order valence-corrected chi connectivity index (χ4v) is 6.53. The fourth-order valence-electron chi connectivity index (χ4n) is 6.53. The Kier molecular flexibility index (Phi) is 17.4. The Balaban J connectivity index is 2.27. The maximum absolute atomic E-state index is 14.1. The lowest BCUT2D eigenvalue weighted by molar-refractivity contribution is -0.148. The molecule has 2 fully saturated rings. The predicted octanol–water partition coefficient (Wildman–Crippen LogP) is -2.76. The van der Waals surface area contributed by atoms with E-state index in [1.165, 1.54) is 4.90 Å². The van der Waals surface area contributed by atoms with Gasteiger partial charge < -0.3 is 57.9 Å². The van der Waals surface area contributed by atoms with Gasteiger partial charge in [-0.3, -0.25) is 43.2 Å². The van der Waals surface area contributed by atoms with Gasteiger partial charge in [-0.2, -0.15) is 0 Å². The van der Waals surface area contributed by atoms with E-state index in [9.17, 15) is 53.1 Å². The number of nitrogens with two attached hydrogens (primary N) is 2. The van der Waals surface area contributed by atoms with E-state index in [2.05, 4.69) is 21.3 Å². The lowest BCUT2D eigenvalue weighted by Crippen LogP contribution is -2.60. The Hall–Kier alpha value is -5.34. The van der Waals surface area contributed by atoms with Crippen molar-refractivity contribution in [1.82, 2.24) is 31.1 Å². The van der Waals surface area contributed by atoms with Crippen LogP contribution in [-0.4, -0.2) is 140 Å². The van der Waals surface area contributed by atoms with Gasteiger partial charge >= 0.3 is 17.9 Å². The summed E-state index contributed by atoms with van der Waals surface area (Å²) in [6.45, 7) is 7.09. The third-order valence-electron chi connectivity index (χ3n) is 9.54. The number of carbonyl (C=O) groups is 10. The molecule has 21 nitrogen and oxygen atoms in total. The van der Waals surface area contributed by atoms with Crippen LogP contribution in [0.15, 0.2) is 0 Å². The monoisotopic (exact) mass is 782 g/mol. The Morgan fingerprint density at radius 1 is 0.673 bits per heavy atom. The molecule has 21 heteroatoms. The molecule has 0 saturated carbocycles. The van der Waals surface area contributed by atoms with E-state index in [1.54, 1.807) is 27.7 Å². The van der Waals surface area contributed by atoms with Gasteiger partial charge in [-0.05, 0) is 43.9 Å². The third kappa shape index (κ3) is 13.5. The highest BCUT2D eigenvalue weighted by Gasteiger charge is 2.42. The molecule has 2 rings (SSSR count). The molecule has 0 aromatic rings. The minimum atomic E-state index is -1.76. The van der Waals surface area contributed by atoms with E-state index in [4.69, 9.17) is 21.7 Å². The summed E-state index contributed by atoms with van der Waals surface area (Å²) < 4.78 is 0. The van der Waals surface area contributed by atoms with Crippen LogP contribution in [0.25, 0.3) is 0 Å². The van der Waals surface area contributed by atoms with Gasteiger partial charge in [0.15, 0.2) is 0 Å². The van der Waals surface area contributed by atoms with Crippen LogP contribution in [0.4, 0.5) is 0 Å². The second-order valence-corrected chi connectivity index (χ2v) is 14.4. The zero-order valence-electron chi connectivity index (χ0n) is 31.4. The van der Waals surface area contributed by atoms with Gasteiger partial charge in [-0.1, -0.05) is 34.1 Å². The van der Waals surface area contributed by atoms with Crippen LogP contribution in [0.3, 0.4) is 0 Å². The summed E-state index contributed by atoms with van der Waals surface area (Å²) in [6.07, 6.45) is -0.726. The zero-order valence-corrected chi connectivity index (χ0v) is 31.4. The first-order valence-electron chi connectivity index (χ1n) is 18.2. The summed E-state index contributed by atoms with van der Waals surface area (Å²) in [5, 5.41) is 37.2. The quantitative estimate of drug-likeness (QED) is 0.0570. The summed E-state index contributed by atoms with van der Waals surface area (Å²) in [5.74, 6) is -10.9. The minimum Gasteiger partial charge on any atom is -0.481 e. The zero-order chi connectivity index (χ0) is 41.7. The summed E-state index contributed by atoms with van der Waals surface area (Å²) >= 11 is 0. The number of amides is 7. The Morgan fingerprint density at radius 2 is 1.18 bits per heavy atom. The first kappa shape index (κ1) is 45.8. The second kappa shape index (κ2) is 20.9. The van der Waals surface area contributed by atoms with E-state index in [1.807, 2.05) is 0 Å². The first-order chi connectivity index (χ1) is 25.7. The first-order valence-corrected chi connectivity index (χ1v) is 18.2. The minimum absolute atomic E-state index is 0.0665. The van der Waals surface area contributed by atoms with Gasteiger partial charge in [0.2, 0.25) is 41.4 Å². The van der Waals surface area contributed by atoms with Gasteiger partial charge in [0, 0.05) is 13.1 Å². The second-order valence-electron chi connectivity index (χ2n) is 14.4. The third-order valence-corrected chi connectivity index (χ3v) is 9.54. The molecule has 2 aliphatic rings. The Labute approximate surface area is 317 Å². The van der Waals surface area contributed by atoms with E-state index in [0.717, 1.165) is 4.90 Å². The highest BCUT2D eigenvalue weighted by Crippen LogP contribution is 2.23. The number of carbonyl (C=O) groups excluding carboxylic acids is 7. The van der Waals surface area contributed by atoms with Crippen LogP contribution >= 0.6 is 0 Å². The lowest BCUT2D eigenvalue weighted by Gasteiger charge is -2.32. The van der Waals surface area contributed by atoms with Crippen molar-refractivity contribution >= 4 is 59.3 Å². The van der Waals surface area contributed by atoms with Crippen LogP contribution in [0.1, 0.15) is 85.5 Å². The molecule has 8 atom stereocenters. The number of nitrogens with one attached hydrogen (secondary N) is 4. The normalized spacial score (nSPS) is 20.0. The number of hydrogen-bond acceptors (Lipinski definition) is 11. The number of primary amides is 1. The van der Waals surface area contributed by atoms with Gasteiger partial charge in [0.1, 0.15) is 36.3 Å². The fraction of sp³-hybridized carbons (Fsp3) is 0.706. The van der Waals surface area contributed by atoms with Crippen LogP contribution in [0.2, 0.25) is 0 Å². The highest BCUT2D eigenvalue weighted by molar-refractivity contribution is 5.99. The molecule has 0 unspecified atom stereocenters. The number of carboxylic acids is 3. The van der Waals surface area contributed by atoms with Gasteiger partial charge in [0.25, 0.3) is 0 Å². The van der Waals surface area contributed by atoms with Crippen molar-refractivity contribution in [2.45, 2.75) is 128 Å². The number of hydrogen-bond donors (Lipinski definition) is 9. The van der Waals surface area contributed by atoms with Crippen LogP contribution < -0.4 is 32.7 Å². The van der Waals surface area contributed by atoms with Gasteiger partial charge in [-0.15, -0.1) is 0 Å². The Bertz CT molecular complexity index is 1490. The summed E-state index contributed by atoms with van der Waals surface area (Å²) in [5.41, 5.74) is 11.1. The van der Waals surface area contributed by atoms with Crippen LogP contribution in [0.5, 0.6) is 0 Å². The smallest absolute Gasteiger partial charge is 0.326 e. The molecule has 308 valence electrons. The maximum atomic E-state index is 14.1. The molecule has 7 amide bonds. The number of aliphatic carboxylic acids is 3. The topological polar surface area (TPSA) is 338 Å². The SMILES string of the molecule is CC[C@H](C)[C@H](NC(=O)[C@@H]1CCCN1C(=O)[C@H](CC(C)C)NC(=O)[C@H](CC(N)=O)NC(=O)[C@@H]1CCCN1C(=O)[C@@H](N)CC(=O)O)C(=O)N[C@@H](CC(=O)O)C(=O)O. The van der Waals surface area contributed by atoms with E-state index in [0.29, 0.717) is 19.3 Å². The van der Waals surface area contributed by atoms with Gasteiger partial charge in [-0.25, -0.2) is 4.79 Å². The van der Waals surface area contributed by atoms with Crippen LogP contribution in [-0.2, 0) is 47.9 Å². The van der Waals surface area contributed by atoms with Crippen molar-refractivity contribution in [3.8, 4) is 0 Å². The molecule has 2 saturated heterocycles. The average molecular weight is 783 g/mol.